The van der Waals surface area contributed by atoms with Gasteiger partial charge in [-0.05, 0) is 25.0 Å². The standard InChI is InChI=1S/C21H20FN5O2/c1-23-19-14-7-13(11-3-6-17(25-9-11)21(29)24-2)16(22)8-18(14)26-10-15(19)20(28)27-12-4-5-12/h3,6-10,12H,4-5H2,1-2H3,(H,23,26)(H,24,29)(H,27,28). The summed E-state index contributed by atoms with van der Waals surface area (Å²) in [5.74, 6) is -0.978. The summed E-state index contributed by atoms with van der Waals surface area (Å²) in [5, 5.41) is 9.12. The highest BCUT2D eigenvalue weighted by Crippen LogP contribution is 2.32. The molecule has 7 nitrogen and oxygen atoms in total. The van der Waals surface area contributed by atoms with Gasteiger partial charge in [-0.3, -0.25) is 19.6 Å². The fraction of sp³-hybridized carbons (Fsp3) is 0.238. The van der Waals surface area contributed by atoms with Gasteiger partial charge in [0.1, 0.15) is 11.5 Å². The SMILES string of the molecule is CNC(=O)c1ccc(-c2cc3c(NC)c(C(=O)NC4CC4)cnc3cc2F)cn1. The first-order valence-electron chi connectivity index (χ1n) is 9.31. The highest BCUT2D eigenvalue weighted by molar-refractivity contribution is 6.08. The average molecular weight is 393 g/mol. The normalized spacial score (nSPS) is 13.2. The van der Waals surface area contributed by atoms with Crippen molar-refractivity contribution < 1.29 is 14.0 Å². The number of carbonyl (C=O) groups excluding carboxylic acids is 2. The molecular formula is C21H20FN5O2. The average Bonchev–Trinajstić information content (AvgIpc) is 3.55. The summed E-state index contributed by atoms with van der Waals surface area (Å²) in [5.41, 5.74) is 2.52. The third-order valence-electron chi connectivity index (χ3n) is 4.90. The van der Waals surface area contributed by atoms with E-state index in [0.29, 0.717) is 33.3 Å². The number of fused-ring (bicyclic) bond motifs is 1. The van der Waals surface area contributed by atoms with Gasteiger partial charge in [0.2, 0.25) is 0 Å². The molecule has 0 bridgehead atoms. The van der Waals surface area contributed by atoms with E-state index in [1.165, 1.54) is 31.6 Å². The molecule has 4 rings (SSSR count). The number of pyridine rings is 2. The Labute approximate surface area is 166 Å². The van der Waals surface area contributed by atoms with Gasteiger partial charge >= 0.3 is 0 Å². The van der Waals surface area contributed by atoms with E-state index in [1.54, 1.807) is 19.2 Å². The third kappa shape index (κ3) is 3.61. The van der Waals surface area contributed by atoms with E-state index in [9.17, 15) is 14.0 Å². The smallest absolute Gasteiger partial charge is 0.269 e. The number of hydrogen-bond donors (Lipinski definition) is 3. The lowest BCUT2D eigenvalue weighted by Gasteiger charge is -2.14. The Balaban J connectivity index is 1.79. The van der Waals surface area contributed by atoms with Crippen LogP contribution in [0.4, 0.5) is 10.1 Å². The summed E-state index contributed by atoms with van der Waals surface area (Å²) in [6, 6.07) is 6.37. The molecule has 3 aromatic rings. The van der Waals surface area contributed by atoms with Gasteiger partial charge in [0.25, 0.3) is 11.8 Å². The van der Waals surface area contributed by atoms with Gasteiger partial charge in [-0.1, -0.05) is 6.07 Å². The van der Waals surface area contributed by atoms with Gasteiger partial charge in [0, 0.05) is 55.1 Å². The number of anilines is 1. The maximum absolute atomic E-state index is 14.8. The Bertz CT molecular complexity index is 1110. The van der Waals surface area contributed by atoms with Crippen LogP contribution in [0.3, 0.4) is 0 Å². The van der Waals surface area contributed by atoms with Crippen molar-refractivity contribution in [1.29, 1.82) is 0 Å². The first-order chi connectivity index (χ1) is 14.0. The van der Waals surface area contributed by atoms with Crippen LogP contribution in [0.2, 0.25) is 0 Å². The monoisotopic (exact) mass is 393 g/mol. The molecule has 1 saturated carbocycles. The third-order valence-corrected chi connectivity index (χ3v) is 4.90. The van der Waals surface area contributed by atoms with Crippen molar-refractivity contribution in [3.8, 4) is 11.1 Å². The van der Waals surface area contributed by atoms with Crippen molar-refractivity contribution in [1.82, 2.24) is 20.6 Å². The number of halogens is 1. The molecular weight excluding hydrogens is 373 g/mol. The van der Waals surface area contributed by atoms with Gasteiger partial charge in [0.05, 0.1) is 16.8 Å². The van der Waals surface area contributed by atoms with E-state index in [0.717, 1.165) is 12.8 Å². The molecule has 0 saturated heterocycles. The zero-order chi connectivity index (χ0) is 20.5. The lowest BCUT2D eigenvalue weighted by atomic mass is 10.0. The number of amides is 2. The second-order valence-corrected chi connectivity index (χ2v) is 6.91. The van der Waals surface area contributed by atoms with Crippen molar-refractivity contribution in [3.05, 3.63) is 53.7 Å². The first-order valence-corrected chi connectivity index (χ1v) is 9.31. The summed E-state index contributed by atoms with van der Waals surface area (Å²) >= 11 is 0. The van der Waals surface area contributed by atoms with Crippen molar-refractivity contribution in [2.24, 2.45) is 0 Å². The Morgan fingerprint density at radius 1 is 1.07 bits per heavy atom. The van der Waals surface area contributed by atoms with Crippen LogP contribution >= 0.6 is 0 Å². The molecule has 1 aliphatic carbocycles. The number of nitrogens with zero attached hydrogens (tertiary/aromatic N) is 2. The molecule has 2 heterocycles. The summed E-state index contributed by atoms with van der Waals surface area (Å²) in [6.07, 6.45) is 4.88. The van der Waals surface area contributed by atoms with Gasteiger partial charge in [-0.15, -0.1) is 0 Å². The van der Waals surface area contributed by atoms with E-state index in [4.69, 9.17) is 0 Å². The zero-order valence-electron chi connectivity index (χ0n) is 16.0. The van der Waals surface area contributed by atoms with Crippen LogP contribution in [0.1, 0.15) is 33.7 Å². The molecule has 1 fully saturated rings. The number of benzene rings is 1. The summed E-state index contributed by atoms with van der Waals surface area (Å²) in [4.78, 5) is 32.6. The number of carbonyl (C=O) groups is 2. The minimum absolute atomic E-state index is 0.200. The van der Waals surface area contributed by atoms with Crippen LogP contribution in [0.25, 0.3) is 22.0 Å². The zero-order valence-corrected chi connectivity index (χ0v) is 16.0. The molecule has 2 amide bonds. The van der Waals surface area contributed by atoms with Crippen molar-refractivity contribution >= 4 is 28.4 Å². The molecule has 1 aliphatic rings. The van der Waals surface area contributed by atoms with Crippen LogP contribution in [0.15, 0.2) is 36.7 Å². The molecule has 0 aliphatic heterocycles. The lowest BCUT2D eigenvalue weighted by Crippen LogP contribution is -2.26. The van der Waals surface area contributed by atoms with Crippen molar-refractivity contribution in [2.75, 3.05) is 19.4 Å². The fourth-order valence-corrected chi connectivity index (χ4v) is 3.18. The molecule has 29 heavy (non-hydrogen) atoms. The van der Waals surface area contributed by atoms with E-state index >= 15 is 0 Å². The second kappa shape index (κ2) is 7.46. The summed E-state index contributed by atoms with van der Waals surface area (Å²) < 4.78 is 14.8. The van der Waals surface area contributed by atoms with E-state index < -0.39 is 5.82 Å². The number of hydrogen-bond acceptors (Lipinski definition) is 5. The Morgan fingerprint density at radius 3 is 2.48 bits per heavy atom. The maximum Gasteiger partial charge on any atom is 0.269 e. The highest BCUT2D eigenvalue weighted by atomic mass is 19.1. The molecule has 8 heteroatoms. The number of nitrogens with one attached hydrogen (secondary N) is 3. The predicted octanol–water partition coefficient (Wildman–Crippen LogP) is 2.73. The van der Waals surface area contributed by atoms with Gasteiger partial charge in [-0.2, -0.15) is 0 Å². The highest BCUT2D eigenvalue weighted by Gasteiger charge is 2.25. The van der Waals surface area contributed by atoms with Crippen molar-refractivity contribution in [3.63, 3.8) is 0 Å². The summed E-state index contributed by atoms with van der Waals surface area (Å²) in [6.45, 7) is 0. The molecule has 3 N–H and O–H groups in total. The largest absolute Gasteiger partial charge is 0.387 e. The van der Waals surface area contributed by atoms with Crippen LogP contribution in [0.5, 0.6) is 0 Å². The Morgan fingerprint density at radius 2 is 1.86 bits per heavy atom. The van der Waals surface area contributed by atoms with Crippen LogP contribution in [0, 0.1) is 5.82 Å². The minimum atomic E-state index is -0.461. The van der Waals surface area contributed by atoms with Gasteiger partial charge < -0.3 is 16.0 Å². The molecule has 0 radical (unpaired) electrons. The predicted molar refractivity (Wildman–Crippen MR) is 108 cm³/mol. The molecule has 2 aromatic heterocycles. The Hall–Kier alpha value is -3.55. The van der Waals surface area contributed by atoms with Crippen LogP contribution in [-0.4, -0.2) is 41.9 Å². The number of rotatable bonds is 5. The quantitative estimate of drug-likeness (QED) is 0.619. The van der Waals surface area contributed by atoms with Gasteiger partial charge in [-0.25, -0.2) is 4.39 Å². The molecule has 148 valence electrons. The second-order valence-electron chi connectivity index (χ2n) is 6.91. The van der Waals surface area contributed by atoms with E-state index in [-0.39, 0.29) is 23.6 Å². The van der Waals surface area contributed by atoms with Crippen LogP contribution < -0.4 is 16.0 Å². The molecule has 1 aromatic carbocycles. The van der Waals surface area contributed by atoms with Crippen LogP contribution in [-0.2, 0) is 0 Å². The summed E-state index contributed by atoms with van der Waals surface area (Å²) in [7, 11) is 3.23. The topological polar surface area (TPSA) is 96.0 Å². The lowest BCUT2D eigenvalue weighted by molar-refractivity contribution is 0.0946. The van der Waals surface area contributed by atoms with Crippen molar-refractivity contribution in [2.45, 2.75) is 18.9 Å². The molecule has 0 spiro atoms. The fourth-order valence-electron chi connectivity index (χ4n) is 3.18. The minimum Gasteiger partial charge on any atom is -0.387 e. The van der Waals surface area contributed by atoms with E-state index in [2.05, 4.69) is 25.9 Å². The maximum atomic E-state index is 14.8. The Kier molecular flexibility index (Phi) is 4.84. The van der Waals surface area contributed by atoms with Gasteiger partial charge in [0.15, 0.2) is 0 Å². The molecule has 0 unspecified atom stereocenters. The van der Waals surface area contributed by atoms with E-state index in [1.807, 2.05) is 0 Å². The first kappa shape index (κ1) is 18.8. The number of aromatic nitrogens is 2. The molecule has 0 atom stereocenters.